The molecule has 156 valence electrons. The number of hydrogen-bond acceptors (Lipinski definition) is 6. The summed E-state index contributed by atoms with van der Waals surface area (Å²) in [6.45, 7) is 0.514. The van der Waals surface area contributed by atoms with Crippen LogP contribution in [0.15, 0.2) is 47.9 Å². The summed E-state index contributed by atoms with van der Waals surface area (Å²) >= 11 is 0. The first kappa shape index (κ1) is 20.9. The minimum atomic E-state index is -3.71. The number of rotatable bonds is 9. The molecular weight excluding hydrogens is 394 g/mol. The smallest absolute Gasteiger partial charge is 0.246 e. The lowest BCUT2D eigenvalue weighted by Crippen LogP contribution is -2.32. The molecule has 0 bridgehead atoms. The molecule has 0 atom stereocenters. The van der Waals surface area contributed by atoms with E-state index in [2.05, 4.69) is 10.2 Å². The zero-order valence-electron chi connectivity index (χ0n) is 16.9. The molecule has 0 amide bonds. The summed E-state index contributed by atoms with van der Waals surface area (Å²) < 4.78 is 41.6. The highest BCUT2D eigenvalue weighted by Gasteiger charge is 2.26. The van der Waals surface area contributed by atoms with Gasteiger partial charge in [0.2, 0.25) is 10.0 Å². The first-order valence-electron chi connectivity index (χ1n) is 9.00. The molecule has 0 spiro atoms. The number of sulfonamides is 1. The van der Waals surface area contributed by atoms with E-state index < -0.39 is 10.0 Å². The largest absolute Gasteiger partial charge is 0.493 e. The van der Waals surface area contributed by atoms with Gasteiger partial charge in [-0.25, -0.2) is 8.42 Å². The number of aromatic nitrogens is 4. The number of methoxy groups -OCH3 is 2. The highest BCUT2D eigenvalue weighted by atomic mass is 32.2. The Hall–Kier alpha value is -2.85. The summed E-state index contributed by atoms with van der Waals surface area (Å²) in [6.07, 6.45) is 6.86. The number of benzene rings is 1. The van der Waals surface area contributed by atoms with Gasteiger partial charge < -0.3 is 9.47 Å². The number of ether oxygens (including phenoxy) is 2. The van der Waals surface area contributed by atoms with Crippen LogP contribution in [0.5, 0.6) is 11.5 Å². The molecule has 2 aromatic heterocycles. The number of hydrogen-bond donors (Lipinski definition) is 0. The predicted octanol–water partition coefficient (Wildman–Crippen LogP) is 1.60. The van der Waals surface area contributed by atoms with Gasteiger partial charge >= 0.3 is 0 Å². The molecule has 0 unspecified atom stereocenters. The Labute approximate surface area is 170 Å². The van der Waals surface area contributed by atoms with Crippen molar-refractivity contribution >= 4 is 10.0 Å². The van der Waals surface area contributed by atoms with Gasteiger partial charge in [-0.1, -0.05) is 6.07 Å². The van der Waals surface area contributed by atoms with Crippen molar-refractivity contribution in [3.8, 4) is 11.5 Å². The topological polar surface area (TPSA) is 91.5 Å². The van der Waals surface area contributed by atoms with Crippen molar-refractivity contribution in [1.82, 2.24) is 23.9 Å². The Morgan fingerprint density at radius 1 is 0.966 bits per heavy atom. The van der Waals surface area contributed by atoms with E-state index in [9.17, 15) is 8.42 Å². The van der Waals surface area contributed by atoms with E-state index in [0.717, 1.165) is 11.1 Å². The molecule has 9 nitrogen and oxygen atoms in total. The van der Waals surface area contributed by atoms with Gasteiger partial charge in [-0.15, -0.1) is 0 Å². The van der Waals surface area contributed by atoms with E-state index in [1.165, 1.54) is 21.4 Å². The molecule has 2 heterocycles. The molecule has 1 aromatic carbocycles. The average molecular weight is 420 g/mol. The van der Waals surface area contributed by atoms with E-state index >= 15 is 0 Å². The SMILES string of the molecule is COc1ccc(CCN(Cc2cnn(C)c2)S(=O)(=O)c2cnn(C)c2)cc1OC. The molecule has 10 heteroatoms. The molecule has 3 aromatic rings. The summed E-state index contributed by atoms with van der Waals surface area (Å²) in [5.74, 6) is 1.24. The molecule has 0 radical (unpaired) electrons. The second-order valence-electron chi connectivity index (χ2n) is 6.65. The van der Waals surface area contributed by atoms with E-state index in [-0.39, 0.29) is 11.4 Å². The fourth-order valence-corrected chi connectivity index (χ4v) is 4.43. The number of nitrogens with zero attached hydrogens (tertiary/aromatic N) is 5. The van der Waals surface area contributed by atoms with Crippen molar-refractivity contribution in [2.75, 3.05) is 20.8 Å². The Balaban J connectivity index is 1.85. The Morgan fingerprint density at radius 3 is 2.24 bits per heavy atom. The molecule has 0 fully saturated rings. The summed E-state index contributed by atoms with van der Waals surface area (Å²) in [6, 6.07) is 5.58. The maximum absolute atomic E-state index is 13.2. The lowest BCUT2D eigenvalue weighted by molar-refractivity contribution is 0.354. The monoisotopic (exact) mass is 419 g/mol. The summed E-state index contributed by atoms with van der Waals surface area (Å²) in [7, 11) is 2.93. The third-order valence-corrected chi connectivity index (χ3v) is 6.33. The molecule has 29 heavy (non-hydrogen) atoms. The first-order valence-corrected chi connectivity index (χ1v) is 10.4. The van der Waals surface area contributed by atoms with Crippen molar-refractivity contribution in [1.29, 1.82) is 0 Å². The molecule has 0 saturated heterocycles. The molecule has 0 N–H and O–H groups in total. The minimum absolute atomic E-state index is 0.163. The highest BCUT2D eigenvalue weighted by Crippen LogP contribution is 2.28. The van der Waals surface area contributed by atoms with E-state index in [4.69, 9.17) is 9.47 Å². The third kappa shape index (κ3) is 4.77. The fourth-order valence-electron chi connectivity index (χ4n) is 3.01. The zero-order chi connectivity index (χ0) is 21.0. The Bertz CT molecular complexity index is 1070. The van der Waals surface area contributed by atoms with E-state index in [1.807, 2.05) is 24.4 Å². The minimum Gasteiger partial charge on any atom is -0.493 e. The molecule has 0 aliphatic heterocycles. The van der Waals surface area contributed by atoms with Gasteiger partial charge in [0.25, 0.3) is 0 Å². The van der Waals surface area contributed by atoms with Crippen LogP contribution < -0.4 is 9.47 Å². The van der Waals surface area contributed by atoms with Crippen LogP contribution in [0.1, 0.15) is 11.1 Å². The van der Waals surface area contributed by atoms with Gasteiger partial charge in [-0.05, 0) is 24.1 Å². The maximum Gasteiger partial charge on any atom is 0.246 e. The molecule has 3 rings (SSSR count). The highest BCUT2D eigenvalue weighted by molar-refractivity contribution is 7.89. The fraction of sp³-hybridized carbons (Fsp3) is 0.368. The molecule has 0 saturated carbocycles. The molecule has 0 aliphatic carbocycles. The van der Waals surface area contributed by atoms with Crippen molar-refractivity contribution in [2.24, 2.45) is 14.1 Å². The second kappa shape index (κ2) is 8.66. The zero-order valence-corrected chi connectivity index (χ0v) is 17.8. The maximum atomic E-state index is 13.2. The van der Waals surface area contributed by atoms with Gasteiger partial charge in [-0.3, -0.25) is 9.36 Å². The summed E-state index contributed by atoms with van der Waals surface area (Å²) in [4.78, 5) is 0.163. The average Bonchev–Trinajstić information content (AvgIpc) is 3.33. The van der Waals surface area contributed by atoms with E-state index in [1.54, 1.807) is 39.2 Å². The predicted molar refractivity (Wildman–Crippen MR) is 107 cm³/mol. The van der Waals surface area contributed by atoms with Gasteiger partial charge in [0, 0.05) is 45.1 Å². The number of aryl methyl sites for hydroxylation is 2. The Kier molecular flexibility index (Phi) is 6.23. The van der Waals surface area contributed by atoms with Gasteiger partial charge in [-0.2, -0.15) is 14.5 Å². The lowest BCUT2D eigenvalue weighted by Gasteiger charge is -2.21. The first-order chi connectivity index (χ1) is 13.8. The van der Waals surface area contributed by atoms with Crippen molar-refractivity contribution in [3.63, 3.8) is 0 Å². The normalized spacial score (nSPS) is 11.8. The van der Waals surface area contributed by atoms with Crippen molar-refractivity contribution in [2.45, 2.75) is 17.9 Å². The summed E-state index contributed by atoms with van der Waals surface area (Å²) in [5.41, 5.74) is 1.76. The second-order valence-corrected chi connectivity index (χ2v) is 8.59. The van der Waals surface area contributed by atoms with Crippen LogP contribution in [-0.2, 0) is 37.1 Å². The quantitative estimate of drug-likeness (QED) is 0.523. The molecular formula is C19H25N5O4S. The van der Waals surface area contributed by atoms with Crippen molar-refractivity contribution in [3.05, 3.63) is 54.1 Å². The summed E-state index contributed by atoms with van der Waals surface area (Å²) in [5, 5.41) is 8.14. The van der Waals surface area contributed by atoms with Crippen LogP contribution in [0.3, 0.4) is 0 Å². The van der Waals surface area contributed by atoms with Gasteiger partial charge in [0.15, 0.2) is 11.5 Å². The van der Waals surface area contributed by atoms with Crippen LogP contribution in [0.2, 0.25) is 0 Å². The third-order valence-electron chi connectivity index (χ3n) is 4.53. The van der Waals surface area contributed by atoms with Crippen LogP contribution in [0.4, 0.5) is 0 Å². The Morgan fingerprint density at radius 2 is 1.66 bits per heavy atom. The van der Waals surface area contributed by atoms with E-state index in [0.29, 0.717) is 24.5 Å². The molecule has 0 aliphatic rings. The van der Waals surface area contributed by atoms with Crippen LogP contribution >= 0.6 is 0 Å². The van der Waals surface area contributed by atoms with Crippen molar-refractivity contribution < 1.29 is 17.9 Å². The lowest BCUT2D eigenvalue weighted by atomic mass is 10.1. The van der Waals surface area contributed by atoms with Gasteiger partial charge in [0.1, 0.15) is 4.90 Å². The van der Waals surface area contributed by atoms with Gasteiger partial charge in [0.05, 0.1) is 26.6 Å². The van der Waals surface area contributed by atoms with Crippen LogP contribution in [-0.4, -0.2) is 53.0 Å². The van der Waals surface area contributed by atoms with Crippen LogP contribution in [0.25, 0.3) is 0 Å². The van der Waals surface area contributed by atoms with Crippen LogP contribution in [0, 0.1) is 0 Å². The standard InChI is InChI=1S/C19H25N5O4S/c1-22-12-16(10-20-22)13-24(29(25,26)17-11-21-23(2)14-17)8-7-15-5-6-18(27-3)19(9-15)28-4/h5-6,9-12,14H,7-8,13H2,1-4H3.